The predicted molar refractivity (Wildman–Crippen MR) is 72.1 cm³/mol. The molecule has 3 nitrogen and oxygen atoms in total. The van der Waals surface area contributed by atoms with Gasteiger partial charge in [0.25, 0.3) is 0 Å². The number of carbonyl (C=O) groups is 1. The fourth-order valence-corrected chi connectivity index (χ4v) is 3.16. The fourth-order valence-electron chi connectivity index (χ4n) is 3.16. The van der Waals surface area contributed by atoms with Crippen LogP contribution < -0.4 is 5.32 Å². The van der Waals surface area contributed by atoms with Gasteiger partial charge in [-0.05, 0) is 19.3 Å². The zero-order valence-electron chi connectivity index (χ0n) is 11.7. The number of hydrogen-bond donors (Lipinski definition) is 2. The molecule has 2 aliphatic carbocycles. The van der Waals surface area contributed by atoms with E-state index < -0.39 is 0 Å². The van der Waals surface area contributed by atoms with Crippen molar-refractivity contribution in [3.05, 3.63) is 0 Å². The summed E-state index contributed by atoms with van der Waals surface area (Å²) in [5, 5.41) is 12.9. The summed E-state index contributed by atoms with van der Waals surface area (Å²) < 4.78 is 0. The number of hydrogen-bond acceptors (Lipinski definition) is 2. The lowest BCUT2D eigenvalue weighted by molar-refractivity contribution is -0.133. The van der Waals surface area contributed by atoms with Crippen LogP contribution in [-0.4, -0.2) is 23.2 Å². The summed E-state index contributed by atoms with van der Waals surface area (Å²) in [6.45, 7) is 4.06. The number of aliphatic hydroxyl groups excluding tert-OH is 1. The summed E-state index contributed by atoms with van der Waals surface area (Å²) in [4.78, 5) is 12.3. The van der Waals surface area contributed by atoms with Gasteiger partial charge in [0.05, 0.1) is 6.10 Å². The molecule has 0 heterocycles. The molecule has 0 saturated heterocycles. The molecular weight excluding hydrogens is 226 g/mol. The van der Waals surface area contributed by atoms with Crippen molar-refractivity contribution in [1.82, 2.24) is 5.32 Å². The van der Waals surface area contributed by atoms with E-state index in [0.29, 0.717) is 6.42 Å². The Morgan fingerprint density at radius 3 is 2.17 bits per heavy atom. The summed E-state index contributed by atoms with van der Waals surface area (Å²) >= 11 is 0. The Kier molecular flexibility index (Phi) is 4.31. The van der Waals surface area contributed by atoms with Crippen molar-refractivity contribution < 1.29 is 9.90 Å². The smallest absolute Gasteiger partial charge is 0.223 e. The van der Waals surface area contributed by atoms with E-state index in [-0.39, 0.29) is 29.4 Å². The van der Waals surface area contributed by atoms with Gasteiger partial charge in [-0.3, -0.25) is 4.79 Å². The van der Waals surface area contributed by atoms with Crippen molar-refractivity contribution in [3.8, 4) is 0 Å². The Labute approximate surface area is 110 Å². The van der Waals surface area contributed by atoms with Crippen molar-refractivity contribution in [1.29, 1.82) is 0 Å². The highest BCUT2D eigenvalue weighted by Crippen LogP contribution is 2.40. The molecule has 0 aliphatic heterocycles. The van der Waals surface area contributed by atoms with Crippen molar-refractivity contribution in [2.24, 2.45) is 11.3 Å². The number of aliphatic hydroxyl groups is 1. The molecule has 0 spiro atoms. The van der Waals surface area contributed by atoms with Crippen LogP contribution in [-0.2, 0) is 4.79 Å². The van der Waals surface area contributed by atoms with Crippen LogP contribution in [0, 0.1) is 11.3 Å². The summed E-state index contributed by atoms with van der Waals surface area (Å²) in [7, 11) is 0. The highest BCUT2D eigenvalue weighted by molar-refractivity contribution is 5.79. The van der Waals surface area contributed by atoms with E-state index in [1.165, 1.54) is 32.1 Å². The minimum absolute atomic E-state index is 0.155. The fraction of sp³-hybridized carbons (Fsp3) is 0.933. The second-order valence-corrected chi connectivity index (χ2v) is 6.68. The summed E-state index contributed by atoms with van der Waals surface area (Å²) in [6.07, 6.45) is 8.79. The molecule has 104 valence electrons. The van der Waals surface area contributed by atoms with Crippen LogP contribution in [0.2, 0.25) is 0 Å². The van der Waals surface area contributed by atoms with Gasteiger partial charge in [-0.1, -0.05) is 46.0 Å². The third kappa shape index (κ3) is 2.87. The van der Waals surface area contributed by atoms with E-state index >= 15 is 0 Å². The lowest BCUT2D eigenvalue weighted by Crippen LogP contribution is -2.61. The van der Waals surface area contributed by atoms with Gasteiger partial charge in [0.1, 0.15) is 0 Å². The maximum absolute atomic E-state index is 12.3. The Morgan fingerprint density at radius 1 is 1.11 bits per heavy atom. The zero-order chi connectivity index (χ0) is 13.2. The van der Waals surface area contributed by atoms with Gasteiger partial charge in [-0.2, -0.15) is 0 Å². The topological polar surface area (TPSA) is 49.3 Å². The van der Waals surface area contributed by atoms with E-state index in [1.54, 1.807) is 0 Å². The van der Waals surface area contributed by atoms with E-state index in [1.807, 2.05) is 13.8 Å². The molecule has 2 rings (SSSR count). The second-order valence-electron chi connectivity index (χ2n) is 6.68. The average molecular weight is 253 g/mol. The summed E-state index contributed by atoms with van der Waals surface area (Å²) in [6, 6.07) is 0.158. The zero-order valence-corrected chi connectivity index (χ0v) is 11.7. The molecule has 0 aromatic carbocycles. The first kappa shape index (κ1) is 13.9. The molecule has 0 bridgehead atoms. The van der Waals surface area contributed by atoms with Crippen LogP contribution >= 0.6 is 0 Å². The normalized spacial score (nSPS) is 33.1. The van der Waals surface area contributed by atoms with Crippen LogP contribution in [0.15, 0.2) is 0 Å². The molecule has 0 radical (unpaired) electrons. The second kappa shape index (κ2) is 5.60. The Morgan fingerprint density at radius 2 is 1.67 bits per heavy atom. The van der Waals surface area contributed by atoms with Crippen molar-refractivity contribution in [3.63, 3.8) is 0 Å². The molecule has 2 atom stereocenters. The molecule has 2 unspecified atom stereocenters. The SMILES string of the molecule is CC1(C)C(O)CC1NC(=O)C1CCCCCCC1. The van der Waals surface area contributed by atoms with Gasteiger partial charge in [0, 0.05) is 17.4 Å². The first-order valence-corrected chi connectivity index (χ1v) is 7.50. The van der Waals surface area contributed by atoms with Crippen molar-refractivity contribution >= 4 is 5.91 Å². The van der Waals surface area contributed by atoms with E-state index in [2.05, 4.69) is 5.32 Å². The van der Waals surface area contributed by atoms with Crippen molar-refractivity contribution in [2.45, 2.75) is 77.4 Å². The van der Waals surface area contributed by atoms with Gasteiger partial charge in [0.2, 0.25) is 5.91 Å². The van der Waals surface area contributed by atoms with Gasteiger partial charge >= 0.3 is 0 Å². The third-order valence-electron chi connectivity index (χ3n) is 5.01. The molecule has 2 fully saturated rings. The number of rotatable bonds is 2. The molecule has 0 aromatic heterocycles. The van der Waals surface area contributed by atoms with Crippen LogP contribution in [0.4, 0.5) is 0 Å². The highest BCUT2D eigenvalue weighted by Gasteiger charge is 2.48. The maximum atomic E-state index is 12.3. The van der Waals surface area contributed by atoms with Crippen molar-refractivity contribution in [2.75, 3.05) is 0 Å². The lowest BCUT2D eigenvalue weighted by atomic mass is 9.64. The summed E-state index contributed by atoms with van der Waals surface area (Å²) in [5.41, 5.74) is -0.155. The van der Waals surface area contributed by atoms with Crippen LogP contribution in [0.25, 0.3) is 0 Å². The van der Waals surface area contributed by atoms with E-state index in [4.69, 9.17) is 0 Å². The largest absolute Gasteiger partial charge is 0.392 e. The van der Waals surface area contributed by atoms with Crippen LogP contribution in [0.3, 0.4) is 0 Å². The van der Waals surface area contributed by atoms with E-state index in [9.17, 15) is 9.90 Å². The van der Waals surface area contributed by atoms with Gasteiger partial charge < -0.3 is 10.4 Å². The number of carbonyl (C=O) groups excluding carboxylic acids is 1. The minimum Gasteiger partial charge on any atom is -0.392 e. The molecule has 1 amide bonds. The average Bonchev–Trinajstić information content (AvgIpc) is 2.28. The molecule has 2 N–H and O–H groups in total. The predicted octanol–water partition coefficient (Wildman–Crippen LogP) is 2.62. The Bertz CT molecular complexity index is 293. The van der Waals surface area contributed by atoms with Gasteiger partial charge in [-0.25, -0.2) is 0 Å². The summed E-state index contributed by atoms with van der Waals surface area (Å²) in [5.74, 6) is 0.431. The van der Waals surface area contributed by atoms with Crippen LogP contribution in [0.5, 0.6) is 0 Å². The number of nitrogens with one attached hydrogen (secondary N) is 1. The van der Waals surface area contributed by atoms with Crippen LogP contribution in [0.1, 0.15) is 65.2 Å². The lowest BCUT2D eigenvalue weighted by Gasteiger charge is -2.49. The number of amides is 1. The Balaban J connectivity index is 1.83. The van der Waals surface area contributed by atoms with Gasteiger partial charge in [0.15, 0.2) is 0 Å². The highest BCUT2D eigenvalue weighted by atomic mass is 16.3. The quantitative estimate of drug-likeness (QED) is 0.795. The molecule has 2 aliphatic rings. The molecule has 2 saturated carbocycles. The Hall–Kier alpha value is -0.570. The molecular formula is C15H27NO2. The molecule has 0 aromatic rings. The standard InChI is InChI=1S/C15H27NO2/c1-15(2)12(10-13(15)17)16-14(18)11-8-6-4-3-5-7-9-11/h11-13,17H,3-10H2,1-2H3,(H,16,18). The third-order valence-corrected chi connectivity index (χ3v) is 5.01. The minimum atomic E-state index is -0.264. The first-order chi connectivity index (χ1) is 8.51. The first-order valence-electron chi connectivity index (χ1n) is 7.50. The monoisotopic (exact) mass is 253 g/mol. The van der Waals surface area contributed by atoms with Gasteiger partial charge in [-0.15, -0.1) is 0 Å². The van der Waals surface area contributed by atoms with E-state index in [0.717, 1.165) is 12.8 Å². The molecule has 18 heavy (non-hydrogen) atoms. The maximum Gasteiger partial charge on any atom is 0.223 e. The molecule has 3 heteroatoms.